The van der Waals surface area contributed by atoms with E-state index in [2.05, 4.69) is 5.32 Å². The van der Waals surface area contributed by atoms with Crippen LogP contribution < -0.4 is 5.32 Å². The molecule has 4 heteroatoms. The highest BCUT2D eigenvalue weighted by atomic mass is 16.3. The standard InChI is InChI=1S/C13H26N2O2/c1-12(7-5-6-8-12)11(16)14-9-13(2,17)10-15(3)4/h17H,5-10H2,1-4H3,(H,14,16). The van der Waals surface area contributed by atoms with Crippen molar-refractivity contribution in [2.45, 2.75) is 45.1 Å². The first-order chi connectivity index (χ1) is 7.75. The van der Waals surface area contributed by atoms with E-state index in [4.69, 9.17) is 0 Å². The van der Waals surface area contributed by atoms with E-state index in [-0.39, 0.29) is 11.3 Å². The summed E-state index contributed by atoms with van der Waals surface area (Å²) in [6, 6.07) is 0. The number of carbonyl (C=O) groups excluding carboxylic acids is 1. The van der Waals surface area contributed by atoms with Crippen molar-refractivity contribution in [3.63, 3.8) is 0 Å². The molecule has 1 rings (SSSR count). The van der Waals surface area contributed by atoms with Gasteiger partial charge in [-0.2, -0.15) is 0 Å². The molecule has 4 nitrogen and oxygen atoms in total. The van der Waals surface area contributed by atoms with Crippen molar-refractivity contribution >= 4 is 5.91 Å². The summed E-state index contributed by atoms with van der Waals surface area (Å²) in [5.74, 6) is 0.0917. The third-order valence-corrected chi connectivity index (χ3v) is 3.54. The van der Waals surface area contributed by atoms with Gasteiger partial charge in [-0.15, -0.1) is 0 Å². The fourth-order valence-corrected chi connectivity index (χ4v) is 2.60. The molecule has 1 atom stereocenters. The molecule has 0 heterocycles. The van der Waals surface area contributed by atoms with Crippen molar-refractivity contribution in [3.8, 4) is 0 Å². The number of nitrogens with zero attached hydrogens (tertiary/aromatic N) is 1. The van der Waals surface area contributed by atoms with Crippen LogP contribution in [0.15, 0.2) is 0 Å². The Hall–Kier alpha value is -0.610. The van der Waals surface area contributed by atoms with Crippen LogP contribution in [0.4, 0.5) is 0 Å². The van der Waals surface area contributed by atoms with Crippen molar-refractivity contribution in [2.75, 3.05) is 27.2 Å². The molecule has 0 aromatic carbocycles. The van der Waals surface area contributed by atoms with Gasteiger partial charge in [-0.3, -0.25) is 4.79 Å². The van der Waals surface area contributed by atoms with E-state index in [1.54, 1.807) is 6.92 Å². The van der Waals surface area contributed by atoms with E-state index in [9.17, 15) is 9.90 Å². The molecule has 0 aromatic rings. The zero-order chi connectivity index (χ0) is 13.1. The molecule has 1 aliphatic rings. The van der Waals surface area contributed by atoms with E-state index in [0.717, 1.165) is 25.7 Å². The van der Waals surface area contributed by atoms with Crippen molar-refractivity contribution in [3.05, 3.63) is 0 Å². The van der Waals surface area contributed by atoms with E-state index in [0.29, 0.717) is 13.1 Å². The summed E-state index contributed by atoms with van der Waals surface area (Å²) in [5.41, 5.74) is -1.08. The average molecular weight is 242 g/mol. The monoisotopic (exact) mass is 242 g/mol. The first-order valence-electron chi connectivity index (χ1n) is 6.41. The first kappa shape index (κ1) is 14.5. The second kappa shape index (κ2) is 5.36. The Morgan fingerprint density at radius 2 is 1.94 bits per heavy atom. The highest BCUT2D eigenvalue weighted by Gasteiger charge is 2.36. The van der Waals surface area contributed by atoms with Gasteiger partial charge in [0.05, 0.1) is 5.60 Å². The fourth-order valence-electron chi connectivity index (χ4n) is 2.60. The molecule has 0 spiro atoms. The second-order valence-electron chi connectivity index (χ2n) is 6.19. The zero-order valence-corrected chi connectivity index (χ0v) is 11.5. The largest absolute Gasteiger partial charge is 0.387 e. The minimum absolute atomic E-state index is 0.0917. The number of nitrogens with one attached hydrogen (secondary N) is 1. The van der Waals surface area contributed by atoms with Crippen LogP contribution in [0.3, 0.4) is 0 Å². The number of aliphatic hydroxyl groups is 1. The summed E-state index contributed by atoms with van der Waals surface area (Å²) in [6.45, 7) is 4.64. The van der Waals surface area contributed by atoms with Gasteiger partial charge in [-0.05, 0) is 33.9 Å². The third kappa shape index (κ3) is 4.28. The van der Waals surface area contributed by atoms with Gasteiger partial charge in [0.25, 0.3) is 0 Å². The maximum Gasteiger partial charge on any atom is 0.226 e. The number of rotatable bonds is 5. The minimum Gasteiger partial charge on any atom is -0.387 e. The Morgan fingerprint density at radius 3 is 2.41 bits per heavy atom. The van der Waals surface area contributed by atoms with Crippen molar-refractivity contribution in [2.24, 2.45) is 5.41 Å². The number of likely N-dealkylation sites (N-methyl/N-ethyl adjacent to an activating group) is 1. The smallest absolute Gasteiger partial charge is 0.226 e. The minimum atomic E-state index is -0.867. The van der Waals surface area contributed by atoms with E-state index in [1.807, 2.05) is 25.9 Å². The van der Waals surface area contributed by atoms with Crippen LogP contribution in [-0.4, -0.2) is 48.7 Å². The molecular weight excluding hydrogens is 216 g/mol. The molecule has 0 radical (unpaired) electrons. The summed E-state index contributed by atoms with van der Waals surface area (Å²) in [6.07, 6.45) is 4.21. The summed E-state index contributed by atoms with van der Waals surface area (Å²) in [5, 5.41) is 13.0. The lowest BCUT2D eigenvalue weighted by molar-refractivity contribution is -0.131. The lowest BCUT2D eigenvalue weighted by Crippen LogP contribution is -2.49. The van der Waals surface area contributed by atoms with E-state index < -0.39 is 5.60 Å². The molecule has 17 heavy (non-hydrogen) atoms. The van der Waals surface area contributed by atoms with Crippen LogP contribution in [-0.2, 0) is 4.79 Å². The van der Waals surface area contributed by atoms with Crippen molar-refractivity contribution in [1.29, 1.82) is 0 Å². The van der Waals surface area contributed by atoms with Gasteiger partial charge in [-0.1, -0.05) is 19.8 Å². The predicted octanol–water partition coefficient (Wildman–Crippen LogP) is 0.995. The molecular formula is C13H26N2O2. The molecule has 1 amide bonds. The molecule has 1 saturated carbocycles. The van der Waals surface area contributed by atoms with Crippen molar-refractivity contribution in [1.82, 2.24) is 10.2 Å². The molecule has 2 N–H and O–H groups in total. The molecule has 0 aliphatic heterocycles. The van der Waals surface area contributed by atoms with Gasteiger partial charge >= 0.3 is 0 Å². The molecule has 100 valence electrons. The lowest BCUT2D eigenvalue weighted by Gasteiger charge is -2.29. The SMILES string of the molecule is CN(C)CC(C)(O)CNC(=O)C1(C)CCCC1. The summed E-state index contributed by atoms with van der Waals surface area (Å²) >= 11 is 0. The van der Waals surface area contributed by atoms with Crippen LogP contribution in [0.1, 0.15) is 39.5 Å². The topological polar surface area (TPSA) is 52.6 Å². The molecule has 0 bridgehead atoms. The molecule has 1 fully saturated rings. The fraction of sp³-hybridized carbons (Fsp3) is 0.923. The Balaban J connectivity index is 2.42. The van der Waals surface area contributed by atoms with Gasteiger partial charge in [0, 0.05) is 18.5 Å². The lowest BCUT2D eigenvalue weighted by atomic mass is 9.87. The maximum absolute atomic E-state index is 12.1. The highest BCUT2D eigenvalue weighted by Crippen LogP contribution is 2.37. The van der Waals surface area contributed by atoms with Gasteiger partial charge in [0.2, 0.25) is 5.91 Å². The van der Waals surface area contributed by atoms with Gasteiger partial charge in [-0.25, -0.2) is 0 Å². The maximum atomic E-state index is 12.1. The third-order valence-electron chi connectivity index (χ3n) is 3.54. The summed E-state index contributed by atoms with van der Waals surface area (Å²) in [4.78, 5) is 14.0. The zero-order valence-electron chi connectivity index (χ0n) is 11.5. The molecule has 0 aromatic heterocycles. The quantitative estimate of drug-likeness (QED) is 0.756. The molecule has 1 unspecified atom stereocenters. The highest BCUT2D eigenvalue weighted by molar-refractivity contribution is 5.82. The van der Waals surface area contributed by atoms with Crippen LogP contribution in [0.25, 0.3) is 0 Å². The Labute approximate surface area is 104 Å². The van der Waals surface area contributed by atoms with Crippen LogP contribution in [0.2, 0.25) is 0 Å². The average Bonchev–Trinajstić information content (AvgIpc) is 2.61. The van der Waals surface area contributed by atoms with Crippen molar-refractivity contribution < 1.29 is 9.90 Å². The molecule has 1 aliphatic carbocycles. The Kier molecular flexibility index (Phi) is 4.55. The Bertz CT molecular complexity index is 269. The van der Waals surface area contributed by atoms with Crippen LogP contribution >= 0.6 is 0 Å². The van der Waals surface area contributed by atoms with Gasteiger partial charge in [0.1, 0.15) is 0 Å². The Morgan fingerprint density at radius 1 is 1.41 bits per heavy atom. The molecule has 0 saturated heterocycles. The number of hydrogen-bond donors (Lipinski definition) is 2. The number of hydrogen-bond acceptors (Lipinski definition) is 3. The number of carbonyl (C=O) groups is 1. The summed E-state index contributed by atoms with van der Waals surface area (Å²) in [7, 11) is 3.82. The second-order valence-corrected chi connectivity index (χ2v) is 6.19. The first-order valence-corrected chi connectivity index (χ1v) is 6.41. The van der Waals surface area contributed by atoms with Gasteiger partial charge in [0.15, 0.2) is 0 Å². The number of amides is 1. The predicted molar refractivity (Wildman–Crippen MR) is 68.8 cm³/mol. The van der Waals surface area contributed by atoms with E-state index in [1.165, 1.54) is 0 Å². The summed E-state index contributed by atoms with van der Waals surface area (Å²) < 4.78 is 0. The van der Waals surface area contributed by atoms with E-state index >= 15 is 0 Å². The van der Waals surface area contributed by atoms with Crippen LogP contribution in [0, 0.1) is 5.41 Å². The normalized spacial score (nSPS) is 22.5. The van der Waals surface area contributed by atoms with Crippen LogP contribution in [0.5, 0.6) is 0 Å². The van der Waals surface area contributed by atoms with Gasteiger partial charge < -0.3 is 15.3 Å².